The number of hydrogen-bond acceptors (Lipinski definition) is 7. The van der Waals surface area contributed by atoms with Crippen LogP contribution in [0.5, 0.6) is 0 Å². The van der Waals surface area contributed by atoms with E-state index < -0.39 is 36.5 Å². The van der Waals surface area contributed by atoms with Crippen molar-refractivity contribution in [2.75, 3.05) is 26.9 Å². The van der Waals surface area contributed by atoms with Gasteiger partial charge in [0.25, 0.3) is 0 Å². The Kier molecular flexibility index (Phi) is 10.9. The van der Waals surface area contributed by atoms with Gasteiger partial charge in [0.05, 0.1) is 12.0 Å². The Balaban J connectivity index is 2.89. The predicted octanol–water partition coefficient (Wildman–Crippen LogP) is 2.11. The number of unbranched alkanes of at least 4 members (excludes halogenated alkanes) is 2. The molecule has 0 amide bonds. The van der Waals surface area contributed by atoms with E-state index in [1.807, 2.05) is 0 Å². The van der Waals surface area contributed by atoms with Crippen LogP contribution in [0.3, 0.4) is 0 Å². The maximum Gasteiger partial charge on any atom is 0.302 e. The van der Waals surface area contributed by atoms with Gasteiger partial charge in [0.1, 0.15) is 25.1 Å². The molecule has 0 bridgehead atoms. The van der Waals surface area contributed by atoms with Crippen LogP contribution in [0, 0.1) is 5.92 Å². The van der Waals surface area contributed by atoms with Crippen molar-refractivity contribution in [3.8, 4) is 0 Å². The Bertz CT molecular complexity index is 388. The lowest BCUT2D eigenvalue weighted by molar-refractivity contribution is -0.292. The molecular formula is C18H32O7. The van der Waals surface area contributed by atoms with Crippen molar-refractivity contribution in [2.45, 2.75) is 71.1 Å². The van der Waals surface area contributed by atoms with Gasteiger partial charge in [-0.15, -0.1) is 0 Å². The minimum absolute atomic E-state index is 0.0119. The summed E-state index contributed by atoms with van der Waals surface area (Å²) in [6.07, 6.45) is 2.19. The van der Waals surface area contributed by atoms with E-state index >= 15 is 0 Å². The number of hydrogen-bond donors (Lipinski definition) is 0. The van der Waals surface area contributed by atoms with E-state index in [-0.39, 0.29) is 6.61 Å². The summed E-state index contributed by atoms with van der Waals surface area (Å²) in [5.74, 6) is -0.957. The molecule has 0 aromatic carbocycles. The van der Waals surface area contributed by atoms with E-state index in [0.29, 0.717) is 13.2 Å². The Hall–Kier alpha value is -1.02. The highest BCUT2D eigenvalue weighted by Crippen LogP contribution is 2.30. The molecule has 1 heterocycles. The minimum Gasteiger partial charge on any atom is -0.463 e. The van der Waals surface area contributed by atoms with Crippen molar-refractivity contribution < 1.29 is 33.3 Å². The molecule has 146 valence electrons. The van der Waals surface area contributed by atoms with E-state index in [9.17, 15) is 9.59 Å². The first kappa shape index (κ1) is 22.0. The van der Waals surface area contributed by atoms with Crippen LogP contribution in [0.1, 0.15) is 46.5 Å². The Morgan fingerprint density at radius 3 is 2.16 bits per heavy atom. The maximum absolute atomic E-state index is 11.8. The van der Waals surface area contributed by atoms with Crippen LogP contribution in [-0.4, -0.2) is 63.8 Å². The molecule has 1 rings (SSSR count). The summed E-state index contributed by atoms with van der Waals surface area (Å²) in [7, 11) is 1.50. The number of aldehydes is 1. The summed E-state index contributed by atoms with van der Waals surface area (Å²) in [4.78, 5) is 23.0. The van der Waals surface area contributed by atoms with E-state index in [1.54, 1.807) is 0 Å². The topological polar surface area (TPSA) is 80.3 Å². The van der Waals surface area contributed by atoms with Gasteiger partial charge in [0.15, 0.2) is 6.29 Å². The number of rotatable bonds is 12. The Labute approximate surface area is 150 Å². The number of carbonyl (C=O) groups is 2. The normalized spacial score (nSPS) is 29.4. The molecule has 0 saturated carbocycles. The first-order valence-electron chi connectivity index (χ1n) is 9.09. The summed E-state index contributed by atoms with van der Waals surface area (Å²) in [5, 5.41) is 0. The molecule has 1 saturated heterocycles. The average Bonchev–Trinajstić information content (AvgIpc) is 2.60. The number of methoxy groups -OCH3 is 1. The van der Waals surface area contributed by atoms with Crippen LogP contribution in [0.25, 0.3) is 0 Å². The zero-order valence-electron chi connectivity index (χ0n) is 15.8. The zero-order valence-corrected chi connectivity index (χ0v) is 15.8. The quantitative estimate of drug-likeness (QED) is 0.299. The van der Waals surface area contributed by atoms with Crippen LogP contribution < -0.4 is 0 Å². The van der Waals surface area contributed by atoms with Crippen molar-refractivity contribution in [1.82, 2.24) is 0 Å². The molecule has 0 spiro atoms. The molecule has 1 fully saturated rings. The Morgan fingerprint density at radius 1 is 1.08 bits per heavy atom. The number of esters is 1. The van der Waals surface area contributed by atoms with E-state index in [0.717, 1.165) is 32.0 Å². The van der Waals surface area contributed by atoms with Gasteiger partial charge in [-0.2, -0.15) is 0 Å². The van der Waals surface area contributed by atoms with E-state index in [2.05, 4.69) is 13.8 Å². The largest absolute Gasteiger partial charge is 0.463 e. The standard InChI is InChI=1S/C18H32O7/c1-5-7-9-22-16-14(11-19)17(23-10-8-6-2)18(21-4)25-15(16)12-24-13(3)20/h11,14-18H,5-10,12H2,1-4H3/t14-,15+,16-,17-,18-/m0/s1. The lowest BCUT2D eigenvalue weighted by Crippen LogP contribution is -2.58. The van der Waals surface area contributed by atoms with Gasteiger partial charge < -0.3 is 28.5 Å². The molecule has 7 nitrogen and oxygen atoms in total. The molecule has 0 aliphatic carbocycles. The van der Waals surface area contributed by atoms with Gasteiger partial charge in [-0.1, -0.05) is 26.7 Å². The van der Waals surface area contributed by atoms with E-state index in [4.69, 9.17) is 23.7 Å². The SMILES string of the molecule is CCCCO[C@@H]1[C@@H](OC)O[C@H](COC(C)=O)[C@@H](OCCCC)[C@@H]1C=O. The smallest absolute Gasteiger partial charge is 0.302 e. The van der Waals surface area contributed by atoms with Crippen LogP contribution in [0.15, 0.2) is 0 Å². The van der Waals surface area contributed by atoms with E-state index in [1.165, 1.54) is 14.0 Å². The molecule has 0 aromatic heterocycles. The maximum atomic E-state index is 11.8. The molecule has 5 atom stereocenters. The van der Waals surface area contributed by atoms with Crippen LogP contribution in [0.4, 0.5) is 0 Å². The average molecular weight is 360 g/mol. The van der Waals surface area contributed by atoms with Crippen molar-refractivity contribution in [2.24, 2.45) is 5.92 Å². The van der Waals surface area contributed by atoms with Gasteiger partial charge in [-0.25, -0.2) is 0 Å². The van der Waals surface area contributed by atoms with Crippen molar-refractivity contribution in [3.63, 3.8) is 0 Å². The molecule has 1 aliphatic heterocycles. The first-order chi connectivity index (χ1) is 12.1. The summed E-state index contributed by atoms with van der Waals surface area (Å²) < 4.78 is 28.1. The van der Waals surface area contributed by atoms with Crippen LogP contribution in [0.2, 0.25) is 0 Å². The number of carbonyl (C=O) groups excluding carboxylic acids is 2. The molecule has 0 radical (unpaired) electrons. The third-order valence-corrected chi connectivity index (χ3v) is 4.16. The third kappa shape index (κ3) is 7.01. The summed E-state index contributed by atoms with van der Waals surface area (Å²) in [6.45, 7) is 6.49. The predicted molar refractivity (Wildman–Crippen MR) is 91.2 cm³/mol. The fourth-order valence-corrected chi connectivity index (χ4v) is 2.76. The molecule has 1 aliphatic rings. The van der Waals surface area contributed by atoms with Crippen molar-refractivity contribution >= 4 is 12.3 Å². The van der Waals surface area contributed by atoms with Crippen LogP contribution in [-0.2, 0) is 33.3 Å². The number of ether oxygens (including phenoxy) is 5. The lowest BCUT2D eigenvalue weighted by atomic mass is 9.89. The lowest BCUT2D eigenvalue weighted by Gasteiger charge is -2.43. The molecule has 0 unspecified atom stereocenters. The highest BCUT2D eigenvalue weighted by molar-refractivity contribution is 5.66. The summed E-state index contributed by atoms with van der Waals surface area (Å²) in [5.41, 5.74) is 0. The van der Waals surface area contributed by atoms with Gasteiger partial charge in [-0.05, 0) is 12.8 Å². The molecule has 0 aromatic rings. The minimum atomic E-state index is -0.710. The second kappa shape index (κ2) is 12.4. The third-order valence-electron chi connectivity index (χ3n) is 4.16. The second-order valence-electron chi connectivity index (χ2n) is 6.17. The fourth-order valence-electron chi connectivity index (χ4n) is 2.76. The van der Waals surface area contributed by atoms with Gasteiger partial charge >= 0.3 is 5.97 Å². The molecular weight excluding hydrogens is 328 g/mol. The highest BCUT2D eigenvalue weighted by Gasteiger charge is 2.48. The molecule has 7 heteroatoms. The second-order valence-corrected chi connectivity index (χ2v) is 6.17. The van der Waals surface area contributed by atoms with Gasteiger partial charge in [0, 0.05) is 27.2 Å². The molecule has 25 heavy (non-hydrogen) atoms. The van der Waals surface area contributed by atoms with Gasteiger partial charge in [0.2, 0.25) is 0 Å². The highest BCUT2D eigenvalue weighted by atomic mass is 16.7. The van der Waals surface area contributed by atoms with Crippen molar-refractivity contribution in [3.05, 3.63) is 0 Å². The van der Waals surface area contributed by atoms with Crippen LogP contribution >= 0.6 is 0 Å². The van der Waals surface area contributed by atoms with Crippen molar-refractivity contribution in [1.29, 1.82) is 0 Å². The zero-order chi connectivity index (χ0) is 18.7. The summed E-state index contributed by atoms with van der Waals surface area (Å²) in [6, 6.07) is 0. The fraction of sp³-hybridized carbons (Fsp3) is 0.889. The molecule has 0 N–H and O–H groups in total. The Morgan fingerprint density at radius 2 is 1.68 bits per heavy atom. The first-order valence-corrected chi connectivity index (χ1v) is 9.09. The van der Waals surface area contributed by atoms with Gasteiger partial charge in [-0.3, -0.25) is 4.79 Å². The summed E-state index contributed by atoms with van der Waals surface area (Å²) >= 11 is 0. The monoisotopic (exact) mass is 360 g/mol.